The van der Waals surface area contributed by atoms with Gasteiger partial charge in [0.2, 0.25) is 5.88 Å². The Morgan fingerprint density at radius 2 is 1.85 bits per heavy atom. The summed E-state index contributed by atoms with van der Waals surface area (Å²) >= 11 is 5.29. The molecule has 0 fully saturated rings. The first-order chi connectivity index (χ1) is 9.44. The molecule has 1 aromatic rings. The van der Waals surface area contributed by atoms with E-state index in [2.05, 4.69) is 9.97 Å². The lowest BCUT2D eigenvalue weighted by molar-refractivity contribution is 0.215. The molecule has 1 N–H and O–H groups in total. The Labute approximate surface area is 124 Å². The van der Waals surface area contributed by atoms with Crippen molar-refractivity contribution < 1.29 is 18.7 Å². The second-order valence-corrected chi connectivity index (χ2v) is 7.18. The van der Waals surface area contributed by atoms with Crippen LogP contribution in [0, 0.1) is 0 Å². The van der Waals surface area contributed by atoms with Crippen molar-refractivity contribution in [2.24, 2.45) is 0 Å². The normalized spacial score (nSPS) is 11.9. The Morgan fingerprint density at radius 1 is 1.25 bits per heavy atom. The Balaban J connectivity index is 3.05. The molecule has 6 nitrogen and oxygen atoms in total. The third kappa shape index (κ3) is 5.07. The second-order valence-electron chi connectivity index (χ2n) is 4.24. The summed E-state index contributed by atoms with van der Waals surface area (Å²) in [6, 6.07) is 1.55. The fourth-order valence-electron chi connectivity index (χ4n) is 1.40. The molecule has 0 bridgehead atoms. The first kappa shape index (κ1) is 17.5. The van der Waals surface area contributed by atoms with Crippen LogP contribution in [0.4, 0.5) is 0 Å². The van der Waals surface area contributed by atoms with Gasteiger partial charge in [0.1, 0.15) is 5.82 Å². The quantitative estimate of drug-likeness (QED) is 0.738. The van der Waals surface area contributed by atoms with Crippen molar-refractivity contribution in [3.8, 4) is 5.88 Å². The molecule has 0 saturated carbocycles. The molecule has 0 aromatic carbocycles. The van der Waals surface area contributed by atoms with Crippen molar-refractivity contribution in [2.45, 2.75) is 40.2 Å². The van der Waals surface area contributed by atoms with Gasteiger partial charge in [-0.1, -0.05) is 13.8 Å². The third-order valence-electron chi connectivity index (χ3n) is 2.23. The van der Waals surface area contributed by atoms with E-state index >= 15 is 0 Å². The topological polar surface area (TPSA) is 73.7 Å². The maximum Gasteiger partial charge on any atom is 0.381 e. The van der Waals surface area contributed by atoms with Crippen LogP contribution >= 0.6 is 6.72 Å². The molecule has 1 heterocycles. The van der Waals surface area contributed by atoms with Gasteiger partial charge in [-0.05, 0) is 13.8 Å². The first-order valence-electron chi connectivity index (χ1n) is 6.51. The van der Waals surface area contributed by atoms with Crippen molar-refractivity contribution in [1.82, 2.24) is 9.97 Å². The largest absolute Gasteiger partial charge is 0.406 e. The van der Waals surface area contributed by atoms with Gasteiger partial charge in [0, 0.05) is 23.8 Å². The van der Waals surface area contributed by atoms with Crippen molar-refractivity contribution in [3.63, 3.8) is 0 Å². The molecule has 1 aromatic heterocycles. The lowest BCUT2D eigenvalue weighted by Gasteiger charge is -2.21. The van der Waals surface area contributed by atoms with Gasteiger partial charge < -0.3 is 9.63 Å². The molecule has 20 heavy (non-hydrogen) atoms. The molecule has 0 unspecified atom stereocenters. The number of aromatic nitrogens is 2. The zero-order valence-corrected chi connectivity index (χ0v) is 13.9. The highest BCUT2D eigenvalue weighted by molar-refractivity contribution is 8.07. The summed E-state index contributed by atoms with van der Waals surface area (Å²) in [5.41, 5.74) is 0.480. The zero-order valence-electron chi connectivity index (χ0n) is 12.2. The highest BCUT2D eigenvalue weighted by Crippen LogP contribution is 2.49. The summed E-state index contributed by atoms with van der Waals surface area (Å²) in [5, 5.41) is 9.25. The minimum Gasteiger partial charge on any atom is -0.406 e. The van der Waals surface area contributed by atoms with E-state index in [4.69, 9.17) is 25.4 Å². The number of nitrogens with zero attached hydrogens (tertiary/aromatic N) is 2. The highest BCUT2D eigenvalue weighted by atomic mass is 32.5. The summed E-state index contributed by atoms with van der Waals surface area (Å²) in [6.07, 6.45) is 0. The SMILES string of the molecule is CCOP(=S)(OCC)Oc1cc(CO)nc(C(C)C)n1. The lowest BCUT2D eigenvalue weighted by atomic mass is 10.2. The Kier molecular flexibility index (Phi) is 6.99. The number of hydrogen-bond acceptors (Lipinski definition) is 7. The smallest absolute Gasteiger partial charge is 0.381 e. The lowest BCUT2D eigenvalue weighted by Crippen LogP contribution is -2.07. The summed E-state index contributed by atoms with van der Waals surface area (Å²) in [4.78, 5) is 8.52. The minimum atomic E-state index is -2.86. The summed E-state index contributed by atoms with van der Waals surface area (Å²) in [7, 11) is 0. The van der Waals surface area contributed by atoms with E-state index in [1.54, 1.807) is 6.07 Å². The zero-order chi connectivity index (χ0) is 15.2. The molecular formula is C12H21N2O4PS. The van der Waals surface area contributed by atoms with Gasteiger partial charge in [-0.25, -0.2) is 4.98 Å². The van der Waals surface area contributed by atoms with Crippen LogP contribution in [0.3, 0.4) is 0 Å². The van der Waals surface area contributed by atoms with E-state index in [9.17, 15) is 5.11 Å². The van der Waals surface area contributed by atoms with Gasteiger partial charge in [0.15, 0.2) is 0 Å². The number of aliphatic hydroxyl groups is 1. The number of hydrogen-bond donors (Lipinski definition) is 1. The molecule has 114 valence electrons. The molecule has 0 aliphatic carbocycles. The molecule has 0 radical (unpaired) electrons. The minimum absolute atomic E-state index is 0.112. The fourth-order valence-corrected chi connectivity index (χ4v) is 3.40. The maximum absolute atomic E-state index is 9.25. The van der Waals surface area contributed by atoms with E-state index in [1.807, 2.05) is 27.7 Å². The molecule has 0 saturated heterocycles. The number of rotatable bonds is 8. The Hall–Kier alpha value is -0.590. The van der Waals surface area contributed by atoms with Crippen LogP contribution in [0.15, 0.2) is 6.07 Å². The Morgan fingerprint density at radius 3 is 2.30 bits per heavy atom. The predicted octanol–water partition coefficient (Wildman–Crippen LogP) is 2.77. The van der Waals surface area contributed by atoms with E-state index < -0.39 is 6.72 Å². The van der Waals surface area contributed by atoms with Crippen molar-refractivity contribution in [2.75, 3.05) is 13.2 Å². The van der Waals surface area contributed by atoms with Crippen molar-refractivity contribution in [3.05, 3.63) is 17.6 Å². The van der Waals surface area contributed by atoms with E-state index in [0.29, 0.717) is 24.7 Å². The van der Waals surface area contributed by atoms with Crippen LogP contribution in [0.1, 0.15) is 45.1 Å². The average molecular weight is 320 g/mol. The number of aliphatic hydroxyl groups excluding tert-OH is 1. The molecule has 0 spiro atoms. The molecule has 0 atom stereocenters. The molecule has 0 aliphatic heterocycles. The standard InChI is InChI=1S/C12H21N2O4PS/c1-5-16-19(20,17-6-2)18-11-7-10(8-15)13-12(14-11)9(3)4/h7,9,15H,5-6,8H2,1-4H3. The van der Waals surface area contributed by atoms with Crippen LogP contribution in [0.5, 0.6) is 5.88 Å². The summed E-state index contributed by atoms with van der Waals surface area (Å²) in [6.45, 7) is 5.30. The van der Waals surface area contributed by atoms with Crippen LogP contribution in [0.25, 0.3) is 0 Å². The maximum atomic E-state index is 9.25. The van der Waals surface area contributed by atoms with Gasteiger partial charge in [0.25, 0.3) is 0 Å². The first-order valence-corrected chi connectivity index (χ1v) is 9.07. The molecule has 0 aliphatic rings. The van der Waals surface area contributed by atoms with Gasteiger partial charge in [-0.2, -0.15) is 4.98 Å². The summed E-state index contributed by atoms with van der Waals surface area (Å²) < 4.78 is 16.4. The summed E-state index contributed by atoms with van der Waals surface area (Å²) in [5.74, 6) is 0.972. The van der Waals surface area contributed by atoms with Crippen LogP contribution in [-0.2, 0) is 27.5 Å². The molecule has 8 heteroatoms. The van der Waals surface area contributed by atoms with Crippen LogP contribution in [0.2, 0.25) is 0 Å². The second kappa shape index (κ2) is 8.00. The van der Waals surface area contributed by atoms with Gasteiger partial charge in [-0.15, -0.1) is 0 Å². The molecule has 1 rings (SSSR count). The molecule has 0 amide bonds. The van der Waals surface area contributed by atoms with Gasteiger partial charge in [-0.3, -0.25) is 9.05 Å². The Bertz CT molecular complexity index is 475. The van der Waals surface area contributed by atoms with Gasteiger partial charge >= 0.3 is 6.72 Å². The van der Waals surface area contributed by atoms with E-state index in [1.165, 1.54) is 0 Å². The highest BCUT2D eigenvalue weighted by Gasteiger charge is 2.23. The molecular weight excluding hydrogens is 299 g/mol. The van der Waals surface area contributed by atoms with Crippen LogP contribution in [-0.4, -0.2) is 28.3 Å². The van der Waals surface area contributed by atoms with E-state index in [0.717, 1.165) is 0 Å². The van der Waals surface area contributed by atoms with E-state index in [-0.39, 0.29) is 18.4 Å². The third-order valence-corrected chi connectivity index (χ3v) is 4.65. The van der Waals surface area contributed by atoms with Gasteiger partial charge in [0.05, 0.1) is 25.5 Å². The average Bonchev–Trinajstić information content (AvgIpc) is 2.38. The fraction of sp³-hybridized carbons (Fsp3) is 0.667. The monoisotopic (exact) mass is 320 g/mol. The van der Waals surface area contributed by atoms with Crippen molar-refractivity contribution in [1.29, 1.82) is 0 Å². The predicted molar refractivity (Wildman–Crippen MR) is 80.2 cm³/mol. The van der Waals surface area contributed by atoms with Crippen molar-refractivity contribution >= 4 is 18.5 Å². The van der Waals surface area contributed by atoms with Crippen LogP contribution < -0.4 is 4.52 Å².